The predicted octanol–water partition coefficient (Wildman–Crippen LogP) is 1.34. The van der Waals surface area contributed by atoms with Crippen molar-refractivity contribution in [3.8, 4) is 11.5 Å². The van der Waals surface area contributed by atoms with Crippen molar-refractivity contribution in [1.82, 2.24) is 0 Å². The van der Waals surface area contributed by atoms with Crippen molar-refractivity contribution in [3.05, 3.63) is 29.8 Å². The molecule has 0 aliphatic carbocycles. The number of carbonyl (C=O) groups excluding carboxylic acids is 2. The lowest BCUT2D eigenvalue weighted by atomic mass is 10.1. The van der Waals surface area contributed by atoms with E-state index in [4.69, 9.17) is 9.47 Å². The molecule has 0 aromatic heterocycles. The summed E-state index contributed by atoms with van der Waals surface area (Å²) in [5, 5.41) is 9.93. The Morgan fingerprint density at radius 2 is 1.63 bits per heavy atom. The Balaban J connectivity index is 3.25. The SMILES string of the molecule is COC(=O)C(=O)C=C(O)c1c(OC)cccc1OC. The second kappa shape index (κ2) is 6.44. The molecule has 0 bridgehead atoms. The molecule has 0 saturated heterocycles. The van der Waals surface area contributed by atoms with E-state index >= 15 is 0 Å². The first-order valence-corrected chi connectivity index (χ1v) is 5.29. The minimum absolute atomic E-state index is 0.185. The molecule has 102 valence electrons. The van der Waals surface area contributed by atoms with Crippen molar-refractivity contribution >= 4 is 17.5 Å². The van der Waals surface area contributed by atoms with Crippen LogP contribution in [0.1, 0.15) is 5.56 Å². The van der Waals surface area contributed by atoms with Gasteiger partial charge in [-0.3, -0.25) is 4.79 Å². The molecule has 1 aromatic rings. The normalized spacial score (nSPS) is 10.8. The maximum absolute atomic E-state index is 11.4. The van der Waals surface area contributed by atoms with E-state index in [1.807, 2.05) is 0 Å². The third-order valence-corrected chi connectivity index (χ3v) is 2.34. The Bertz CT molecular complexity index is 496. The van der Waals surface area contributed by atoms with Gasteiger partial charge in [-0.05, 0) is 12.1 Å². The molecule has 0 aliphatic heterocycles. The van der Waals surface area contributed by atoms with Crippen molar-refractivity contribution in [2.45, 2.75) is 0 Å². The number of ether oxygens (including phenoxy) is 3. The zero-order chi connectivity index (χ0) is 14.4. The van der Waals surface area contributed by atoms with Crippen LogP contribution in [-0.4, -0.2) is 38.2 Å². The number of rotatable bonds is 5. The number of methoxy groups -OCH3 is 3. The zero-order valence-corrected chi connectivity index (χ0v) is 10.8. The van der Waals surface area contributed by atoms with Crippen LogP contribution >= 0.6 is 0 Å². The topological polar surface area (TPSA) is 82.1 Å². The monoisotopic (exact) mass is 266 g/mol. The minimum Gasteiger partial charge on any atom is -0.507 e. The summed E-state index contributed by atoms with van der Waals surface area (Å²) in [5.74, 6) is -1.87. The molecule has 0 saturated carbocycles. The molecule has 0 unspecified atom stereocenters. The number of hydrogen-bond acceptors (Lipinski definition) is 6. The molecule has 1 aromatic carbocycles. The summed E-state index contributed by atoms with van der Waals surface area (Å²) in [6.45, 7) is 0. The molecule has 0 radical (unpaired) electrons. The number of esters is 1. The van der Waals surface area contributed by atoms with Crippen molar-refractivity contribution < 1.29 is 28.9 Å². The highest BCUT2D eigenvalue weighted by Gasteiger charge is 2.18. The largest absolute Gasteiger partial charge is 0.507 e. The second-order valence-electron chi connectivity index (χ2n) is 3.42. The van der Waals surface area contributed by atoms with Gasteiger partial charge in [0.25, 0.3) is 5.78 Å². The van der Waals surface area contributed by atoms with E-state index in [9.17, 15) is 14.7 Å². The molecule has 0 heterocycles. The summed E-state index contributed by atoms with van der Waals surface area (Å²) in [6, 6.07) is 4.84. The number of ketones is 1. The van der Waals surface area contributed by atoms with Gasteiger partial charge in [-0.2, -0.15) is 0 Å². The quantitative estimate of drug-likeness (QED) is 0.375. The second-order valence-corrected chi connectivity index (χ2v) is 3.42. The molecule has 6 nitrogen and oxygen atoms in total. The first kappa shape index (κ1) is 14.6. The molecule has 6 heteroatoms. The minimum atomic E-state index is -1.07. The predicted molar refractivity (Wildman–Crippen MR) is 67.2 cm³/mol. The van der Waals surface area contributed by atoms with E-state index in [0.717, 1.165) is 13.2 Å². The molecular formula is C13H14O6. The first-order chi connectivity index (χ1) is 9.04. The average molecular weight is 266 g/mol. The molecule has 1 rings (SSSR count). The van der Waals surface area contributed by atoms with E-state index in [2.05, 4.69) is 4.74 Å². The van der Waals surface area contributed by atoms with Gasteiger partial charge in [0.1, 0.15) is 22.8 Å². The maximum Gasteiger partial charge on any atom is 0.378 e. The fraction of sp³-hybridized carbons (Fsp3) is 0.231. The van der Waals surface area contributed by atoms with Gasteiger partial charge in [-0.15, -0.1) is 0 Å². The number of aliphatic hydroxyl groups excluding tert-OH is 1. The Morgan fingerprint density at radius 3 is 2.05 bits per heavy atom. The Morgan fingerprint density at radius 1 is 1.11 bits per heavy atom. The van der Waals surface area contributed by atoms with E-state index in [1.165, 1.54) is 14.2 Å². The van der Waals surface area contributed by atoms with E-state index < -0.39 is 17.5 Å². The summed E-state index contributed by atoms with van der Waals surface area (Å²) >= 11 is 0. The molecule has 0 aliphatic rings. The fourth-order valence-electron chi connectivity index (χ4n) is 1.46. The molecule has 0 atom stereocenters. The van der Waals surface area contributed by atoms with Gasteiger partial charge < -0.3 is 19.3 Å². The summed E-state index contributed by atoms with van der Waals surface area (Å²) in [5.41, 5.74) is 0.185. The van der Waals surface area contributed by atoms with Crippen LogP contribution in [-0.2, 0) is 14.3 Å². The van der Waals surface area contributed by atoms with Crippen LogP contribution in [0.4, 0.5) is 0 Å². The highest BCUT2D eigenvalue weighted by Crippen LogP contribution is 2.33. The molecule has 0 spiro atoms. The van der Waals surface area contributed by atoms with Crippen LogP contribution in [0.15, 0.2) is 24.3 Å². The molecular weight excluding hydrogens is 252 g/mol. The van der Waals surface area contributed by atoms with E-state index in [-0.39, 0.29) is 5.56 Å². The molecule has 0 amide bonds. The first-order valence-electron chi connectivity index (χ1n) is 5.29. The van der Waals surface area contributed by atoms with Gasteiger partial charge in [0, 0.05) is 6.08 Å². The third-order valence-electron chi connectivity index (χ3n) is 2.34. The van der Waals surface area contributed by atoms with Crippen LogP contribution in [0.5, 0.6) is 11.5 Å². The van der Waals surface area contributed by atoms with Crippen LogP contribution < -0.4 is 9.47 Å². The van der Waals surface area contributed by atoms with Gasteiger partial charge in [0.2, 0.25) is 0 Å². The number of carbonyl (C=O) groups is 2. The smallest absolute Gasteiger partial charge is 0.378 e. The van der Waals surface area contributed by atoms with Crippen LogP contribution in [0.2, 0.25) is 0 Å². The summed E-state index contributed by atoms with van der Waals surface area (Å²) in [6.07, 6.45) is 0.756. The average Bonchev–Trinajstić information content (AvgIpc) is 2.44. The fourth-order valence-corrected chi connectivity index (χ4v) is 1.46. The highest BCUT2D eigenvalue weighted by atomic mass is 16.5. The lowest BCUT2D eigenvalue weighted by Gasteiger charge is -2.11. The van der Waals surface area contributed by atoms with Gasteiger partial charge in [-0.1, -0.05) is 6.07 Å². The van der Waals surface area contributed by atoms with Crippen molar-refractivity contribution in [2.24, 2.45) is 0 Å². The van der Waals surface area contributed by atoms with E-state index in [0.29, 0.717) is 11.5 Å². The summed E-state index contributed by atoms with van der Waals surface area (Å²) in [7, 11) is 3.90. The van der Waals surface area contributed by atoms with Gasteiger partial charge in [0.05, 0.1) is 21.3 Å². The Kier molecular flexibility index (Phi) is 4.93. The van der Waals surface area contributed by atoms with Crippen molar-refractivity contribution in [1.29, 1.82) is 0 Å². The standard InChI is InChI=1S/C13H14O6/c1-17-10-5-4-6-11(18-2)12(10)8(14)7-9(15)13(16)19-3/h4-7,14H,1-3H3. The third kappa shape index (κ3) is 3.25. The molecule has 19 heavy (non-hydrogen) atoms. The van der Waals surface area contributed by atoms with Crippen molar-refractivity contribution in [3.63, 3.8) is 0 Å². The van der Waals surface area contributed by atoms with Crippen molar-refractivity contribution in [2.75, 3.05) is 21.3 Å². The number of hydrogen-bond donors (Lipinski definition) is 1. The Hall–Kier alpha value is -2.50. The van der Waals surface area contributed by atoms with Crippen LogP contribution in [0.25, 0.3) is 5.76 Å². The summed E-state index contributed by atoms with van der Waals surface area (Å²) < 4.78 is 14.4. The van der Waals surface area contributed by atoms with Gasteiger partial charge in [-0.25, -0.2) is 4.79 Å². The van der Waals surface area contributed by atoms with Gasteiger partial charge >= 0.3 is 5.97 Å². The lowest BCUT2D eigenvalue weighted by molar-refractivity contribution is -0.149. The Labute approximate surface area is 110 Å². The summed E-state index contributed by atoms with van der Waals surface area (Å²) in [4.78, 5) is 22.4. The molecule has 0 fully saturated rings. The highest BCUT2D eigenvalue weighted by molar-refractivity contribution is 6.39. The van der Waals surface area contributed by atoms with Crippen LogP contribution in [0, 0.1) is 0 Å². The van der Waals surface area contributed by atoms with Gasteiger partial charge in [0.15, 0.2) is 0 Å². The zero-order valence-electron chi connectivity index (χ0n) is 10.8. The lowest BCUT2D eigenvalue weighted by Crippen LogP contribution is -2.13. The maximum atomic E-state index is 11.4. The number of benzene rings is 1. The van der Waals surface area contributed by atoms with E-state index in [1.54, 1.807) is 18.2 Å². The van der Waals surface area contributed by atoms with Crippen LogP contribution in [0.3, 0.4) is 0 Å². The number of aliphatic hydroxyl groups is 1. The molecule has 1 N–H and O–H groups in total.